The average molecular weight is 189 g/mol. The zero-order valence-corrected chi connectivity index (χ0v) is 8.87. The van der Waals surface area contributed by atoms with Gasteiger partial charge in [-0.3, -0.25) is 0 Å². The molecule has 1 saturated heterocycles. The zero-order valence-electron chi connectivity index (χ0n) is 8.87. The molecule has 0 bridgehead atoms. The van der Waals surface area contributed by atoms with E-state index in [2.05, 4.69) is 42.6 Å². The summed E-state index contributed by atoms with van der Waals surface area (Å²) in [6.45, 7) is 3.56. The van der Waals surface area contributed by atoms with E-state index in [1.807, 2.05) is 0 Å². The molecule has 1 nitrogen and oxygen atoms in total. The van der Waals surface area contributed by atoms with Crippen LogP contribution >= 0.6 is 0 Å². The van der Waals surface area contributed by atoms with E-state index in [9.17, 15) is 0 Å². The zero-order chi connectivity index (χ0) is 9.80. The lowest BCUT2D eigenvalue weighted by Gasteiger charge is -2.30. The Morgan fingerprint density at radius 1 is 1.29 bits per heavy atom. The first-order valence-electron chi connectivity index (χ1n) is 5.63. The summed E-state index contributed by atoms with van der Waals surface area (Å²) in [5.41, 5.74) is 1.46. The van der Waals surface area contributed by atoms with Gasteiger partial charge in [0.25, 0.3) is 0 Å². The van der Waals surface area contributed by atoms with Crippen LogP contribution in [0, 0.1) is 5.92 Å². The summed E-state index contributed by atoms with van der Waals surface area (Å²) in [5, 5.41) is 3.62. The Morgan fingerprint density at radius 3 is 2.79 bits per heavy atom. The topological polar surface area (TPSA) is 12.0 Å². The largest absolute Gasteiger partial charge is 0.313 e. The molecule has 2 atom stereocenters. The van der Waals surface area contributed by atoms with Crippen molar-refractivity contribution in [1.82, 2.24) is 5.32 Å². The van der Waals surface area contributed by atoms with Crippen LogP contribution in [0.15, 0.2) is 30.3 Å². The van der Waals surface area contributed by atoms with Crippen LogP contribution in [0.4, 0.5) is 0 Å². The van der Waals surface area contributed by atoms with Crippen molar-refractivity contribution < 1.29 is 0 Å². The van der Waals surface area contributed by atoms with E-state index in [0.717, 1.165) is 5.92 Å². The molecule has 0 radical (unpaired) electrons. The molecule has 0 spiro atoms. The van der Waals surface area contributed by atoms with Crippen molar-refractivity contribution in [2.45, 2.75) is 32.2 Å². The molecule has 0 aliphatic carbocycles. The predicted octanol–water partition coefficient (Wildman–Crippen LogP) is 2.62. The maximum atomic E-state index is 3.62. The maximum Gasteiger partial charge on any atom is 0.0133 e. The Morgan fingerprint density at radius 2 is 2.07 bits per heavy atom. The van der Waals surface area contributed by atoms with Gasteiger partial charge in [-0.15, -0.1) is 0 Å². The third-order valence-corrected chi connectivity index (χ3v) is 3.23. The minimum atomic E-state index is 0.686. The van der Waals surface area contributed by atoms with Crippen LogP contribution in [0.5, 0.6) is 0 Å². The second-order valence-electron chi connectivity index (χ2n) is 4.37. The van der Waals surface area contributed by atoms with E-state index < -0.39 is 0 Å². The number of hydrogen-bond acceptors (Lipinski definition) is 1. The summed E-state index contributed by atoms with van der Waals surface area (Å²) in [7, 11) is 0. The highest BCUT2D eigenvalue weighted by Gasteiger charge is 2.20. The fraction of sp³-hybridized carbons (Fsp3) is 0.538. The number of piperidine rings is 1. The van der Waals surface area contributed by atoms with Gasteiger partial charge in [0.2, 0.25) is 0 Å². The van der Waals surface area contributed by atoms with Crippen molar-refractivity contribution in [3.8, 4) is 0 Å². The lowest BCUT2D eigenvalue weighted by Crippen LogP contribution is -2.41. The molecule has 0 aromatic heterocycles. The monoisotopic (exact) mass is 189 g/mol. The van der Waals surface area contributed by atoms with Gasteiger partial charge in [-0.1, -0.05) is 37.3 Å². The molecule has 1 aliphatic rings. The summed E-state index contributed by atoms with van der Waals surface area (Å²) >= 11 is 0. The van der Waals surface area contributed by atoms with Gasteiger partial charge in [-0.05, 0) is 37.3 Å². The second kappa shape index (κ2) is 4.61. The van der Waals surface area contributed by atoms with Crippen molar-refractivity contribution in [3.63, 3.8) is 0 Å². The smallest absolute Gasteiger partial charge is 0.0133 e. The number of benzene rings is 1. The first kappa shape index (κ1) is 9.72. The molecule has 2 rings (SSSR count). The van der Waals surface area contributed by atoms with Crippen LogP contribution in [0.3, 0.4) is 0 Å². The van der Waals surface area contributed by atoms with Crippen molar-refractivity contribution >= 4 is 0 Å². The maximum absolute atomic E-state index is 3.62. The first-order chi connectivity index (χ1) is 6.86. The molecule has 0 amide bonds. The van der Waals surface area contributed by atoms with Gasteiger partial charge in [0.15, 0.2) is 0 Å². The molecule has 1 aromatic carbocycles. The van der Waals surface area contributed by atoms with E-state index in [0.29, 0.717) is 6.04 Å². The van der Waals surface area contributed by atoms with Gasteiger partial charge in [0.05, 0.1) is 0 Å². The minimum Gasteiger partial charge on any atom is -0.313 e. The Bertz CT molecular complexity index is 268. The van der Waals surface area contributed by atoms with Crippen LogP contribution in [0.1, 0.15) is 25.3 Å². The van der Waals surface area contributed by atoms with E-state index in [1.165, 1.54) is 31.4 Å². The lowest BCUT2D eigenvalue weighted by atomic mass is 9.88. The lowest BCUT2D eigenvalue weighted by molar-refractivity contribution is 0.298. The summed E-state index contributed by atoms with van der Waals surface area (Å²) < 4.78 is 0. The predicted molar refractivity (Wildman–Crippen MR) is 60.3 cm³/mol. The third kappa shape index (κ3) is 2.36. The third-order valence-electron chi connectivity index (χ3n) is 3.23. The number of nitrogens with one attached hydrogen (secondary N) is 1. The van der Waals surface area contributed by atoms with Gasteiger partial charge < -0.3 is 5.32 Å². The van der Waals surface area contributed by atoms with Crippen molar-refractivity contribution in [2.75, 3.05) is 6.54 Å². The van der Waals surface area contributed by atoms with Gasteiger partial charge in [0, 0.05) is 6.04 Å². The Balaban J connectivity index is 1.96. The Hall–Kier alpha value is -0.820. The molecular formula is C13H19N. The Labute approximate surface area is 86.5 Å². The molecule has 0 saturated carbocycles. The molecule has 1 aliphatic heterocycles. The standard InChI is InChI=1S/C13H19N/c1-11-6-5-9-14-13(11)10-12-7-3-2-4-8-12/h2-4,7-8,11,13-14H,5-6,9-10H2,1H3. The molecule has 1 aromatic rings. The molecule has 14 heavy (non-hydrogen) atoms. The van der Waals surface area contributed by atoms with Gasteiger partial charge in [-0.25, -0.2) is 0 Å². The molecule has 2 unspecified atom stereocenters. The van der Waals surface area contributed by atoms with Crippen molar-refractivity contribution in [2.24, 2.45) is 5.92 Å². The van der Waals surface area contributed by atoms with Crippen LogP contribution < -0.4 is 5.32 Å². The van der Waals surface area contributed by atoms with Gasteiger partial charge in [-0.2, -0.15) is 0 Å². The normalized spacial score (nSPS) is 27.5. The van der Waals surface area contributed by atoms with E-state index >= 15 is 0 Å². The van der Waals surface area contributed by atoms with E-state index in [1.54, 1.807) is 0 Å². The SMILES string of the molecule is CC1CCCNC1Cc1ccccc1. The number of hydrogen-bond donors (Lipinski definition) is 1. The van der Waals surface area contributed by atoms with Crippen LogP contribution in [0.2, 0.25) is 0 Å². The van der Waals surface area contributed by atoms with Crippen LogP contribution in [-0.4, -0.2) is 12.6 Å². The van der Waals surface area contributed by atoms with Crippen molar-refractivity contribution in [1.29, 1.82) is 0 Å². The molecule has 1 N–H and O–H groups in total. The quantitative estimate of drug-likeness (QED) is 0.754. The average Bonchev–Trinajstić information content (AvgIpc) is 2.23. The first-order valence-corrected chi connectivity index (χ1v) is 5.63. The molecule has 1 heterocycles. The highest BCUT2D eigenvalue weighted by Crippen LogP contribution is 2.18. The summed E-state index contributed by atoms with van der Waals surface area (Å²) in [6, 6.07) is 11.5. The fourth-order valence-electron chi connectivity index (χ4n) is 2.26. The Kier molecular flexibility index (Phi) is 3.20. The van der Waals surface area contributed by atoms with Gasteiger partial charge in [0.1, 0.15) is 0 Å². The van der Waals surface area contributed by atoms with E-state index in [-0.39, 0.29) is 0 Å². The molecule has 1 heteroatoms. The molecule has 76 valence electrons. The molecular weight excluding hydrogens is 170 g/mol. The molecule has 1 fully saturated rings. The van der Waals surface area contributed by atoms with Crippen molar-refractivity contribution in [3.05, 3.63) is 35.9 Å². The van der Waals surface area contributed by atoms with Gasteiger partial charge >= 0.3 is 0 Å². The highest BCUT2D eigenvalue weighted by atomic mass is 14.9. The van der Waals surface area contributed by atoms with Crippen LogP contribution in [0.25, 0.3) is 0 Å². The van der Waals surface area contributed by atoms with E-state index in [4.69, 9.17) is 0 Å². The second-order valence-corrected chi connectivity index (χ2v) is 4.37. The van der Waals surface area contributed by atoms with Crippen LogP contribution in [-0.2, 0) is 6.42 Å². The summed E-state index contributed by atoms with van der Waals surface area (Å²) in [5.74, 6) is 0.823. The summed E-state index contributed by atoms with van der Waals surface area (Å²) in [4.78, 5) is 0. The fourth-order valence-corrected chi connectivity index (χ4v) is 2.26. The highest BCUT2D eigenvalue weighted by molar-refractivity contribution is 5.16. The summed E-state index contributed by atoms with van der Waals surface area (Å²) in [6.07, 6.45) is 3.90. The minimum absolute atomic E-state index is 0.686. The number of rotatable bonds is 2.